The highest BCUT2D eigenvalue weighted by Gasteiger charge is 2.14. The molecule has 0 radical (unpaired) electrons. The van der Waals surface area contributed by atoms with Crippen LogP contribution in [0.4, 0.5) is 5.69 Å². The van der Waals surface area contributed by atoms with E-state index in [1.807, 2.05) is 19.9 Å². The molecule has 0 unspecified atom stereocenters. The van der Waals surface area contributed by atoms with Gasteiger partial charge in [-0.25, -0.2) is 0 Å². The monoisotopic (exact) mass is 285 g/mol. The number of benzene rings is 2. The van der Waals surface area contributed by atoms with Crippen molar-refractivity contribution in [2.24, 2.45) is 0 Å². The maximum absolute atomic E-state index is 12.5. The van der Waals surface area contributed by atoms with E-state index in [9.17, 15) is 4.79 Å². The largest absolute Gasteiger partial charge is 0.497 e. The van der Waals surface area contributed by atoms with Gasteiger partial charge in [-0.05, 0) is 38.1 Å². The molecular formula is C17H19NO3. The minimum Gasteiger partial charge on any atom is -0.497 e. The van der Waals surface area contributed by atoms with Crippen molar-refractivity contribution < 1.29 is 14.3 Å². The minimum atomic E-state index is -0.135. The van der Waals surface area contributed by atoms with E-state index in [1.54, 1.807) is 43.5 Å². The molecule has 2 N–H and O–H groups in total. The standard InChI is InChI=1S/C17H19NO3/c1-11(2)21-14-6-4-5-12(9-14)17(19)15-8-7-13(20-3)10-16(15)18/h4-11H,18H2,1-3H3. The zero-order chi connectivity index (χ0) is 15.4. The second-order valence-corrected chi connectivity index (χ2v) is 4.98. The van der Waals surface area contributed by atoms with Crippen LogP contribution in [0.25, 0.3) is 0 Å². The average Bonchev–Trinajstić information content (AvgIpc) is 2.46. The second kappa shape index (κ2) is 6.31. The molecule has 0 saturated heterocycles. The lowest BCUT2D eigenvalue weighted by molar-refractivity contribution is 0.103. The first-order chi connectivity index (χ1) is 10.0. The van der Waals surface area contributed by atoms with Crippen molar-refractivity contribution in [3.63, 3.8) is 0 Å². The first-order valence-electron chi connectivity index (χ1n) is 6.76. The van der Waals surface area contributed by atoms with Gasteiger partial charge < -0.3 is 15.2 Å². The molecule has 2 aromatic rings. The Kier molecular flexibility index (Phi) is 4.48. The van der Waals surface area contributed by atoms with Gasteiger partial charge in [-0.1, -0.05) is 12.1 Å². The van der Waals surface area contributed by atoms with Gasteiger partial charge in [0.2, 0.25) is 0 Å². The summed E-state index contributed by atoms with van der Waals surface area (Å²) in [4.78, 5) is 12.5. The van der Waals surface area contributed by atoms with Crippen LogP contribution in [0.5, 0.6) is 11.5 Å². The topological polar surface area (TPSA) is 61.5 Å². The van der Waals surface area contributed by atoms with Crippen LogP contribution in [0.15, 0.2) is 42.5 Å². The van der Waals surface area contributed by atoms with Crippen LogP contribution >= 0.6 is 0 Å². The number of nitrogen functional groups attached to an aromatic ring is 1. The molecule has 0 saturated carbocycles. The summed E-state index contributed by atoms with van der Waals surface area (Å²) in [6, 6.07) is 12.1. The highest BCUT2D eigenvalue weighted by atomic mass is 16.5. The number of rotatable bonds is 5. The van der Waals surface area contributed by atoms with E-state index in [1.165, 1.54) is 0 Å². The third kappa shape index (κ3) is 3.54. The molecule has 0 bridgehead atoms. The Morgan fingerprint density at radius 1 is 1.10 bits per heavy atom. The van der Waals surface area contributed by atoms with Gasteiger partial charge in [-0.2, -0.15) is 0 Å². The van der Waals surface area contributed by atoms with E-state index in [2.05, 4.69) is 0 Å². The third-order valence-corrected chi connectivity index (χ3v) is 2.97. The summed E-state index contributed by atoms with van der Waals surface area (Å²) >= 11 is 0. The number of carbonyl (C=O) groups excluding carboxylic acids is 1. The quantitative estimate of drug-likeness (QED) is 0.676. The summed E-state index contributed by atoms with van der Waals surface area (Å²) in [5, 5.41) is 0. The van der Waals surface area contributed by atoms with Gasteiger partial charge in [-0.3, -0.25) is 4.79 Å². The Morgan fingerprint density at radius 2 is 1.86 bits per heavy atom. The predicted octanol–water partition coefficient (Wildman–Crippen LogP) is 3.30. The minimum absolute atomic E-state index is 0.0569. The van der Waals surface area contributed by atoms with Gasteiger partial charge in [0, 0.05) is 22.9 Å². The summed E-state index contributed by atoms with van der Waals surface area (Å²) in [5.74, 6) is 1.16. The number of hydrogen-bond acceptors (Lipinski definition) is 4. The molecule has 0 fully saturated rings. The number of methoxy groups -OCH3 is 1. The SMILES string of the molecule is COc1ccc(C(=O)c2cccc(OC(C)C)c2)c(N)c1. The molecule has 0 amide bonds. The molecule has 110 valence electrons. The van der Waals surface area contributed by atoms with Crippen molar-refractivity contribution in [1.82, 2.24) is 0 Å². The molecule has 0 aromatic heterocycles. The van der Waals surface area contributed by atoms with Crippen LogP contribution in [-0.2, 0) is 0 Å². The summed E-state index contributed by atoms with van der Waals surface area (Å²) < 4.78 is 10.7. The van der Waals surface area contributed by atoms with E-state index in [0.29, 0.717) is 28.3 Å². The summed E-state index contributed by atoms with van der Waals surface area (Å²) in [7, 11) is 1.56. The van der Waals surface area contributed by atoms with Crippen molar-refractivity contribution >= 4 is 11.5 Å². The van der Waals surface area contributed by atoms with E-state index in [4.69, 9.17) is 15.2 Å². The Hall–Kier alpha value is -2.49. The Morgan fingerprint density at radius 3 is 2.48 bits per heavy atom. The Labute approximate surface area is 124 Å². The number of hydrogen-bond donors (Lipinski definition) is 1. The lowest BCUT2D eigenvalue weighted by Gasteiger charge is -2.11. The maximum atomic E-state index is 12.5. The number of ether oxygens (including phenoxy) is 2. The molecule has 0 aliphatic heterocycles. The summed E-state index contributed by atoms with van der Waals surface area (Å²) in [5.41, 5.74) is 7.32. The van der Waals surface area contributed by atoms with E-state index < -0.39 is 0 Å². The number of carbonyl (C=O) groups is 1. The molecule has 2 rings (SSSR count). The maximum Gasteiger partial charge on any atom is 0.195 e. The van der Waals surface area contributed by atoms with E-state index in [-0.39, 0.29) is 11.9 Å². The van der Waals surface area contributed by atoms with Crippen molar-refractivity contribution in [3.8, 4) is 11.5 Å². The third-order valence-electron chi connectivity index (χ3n) is 2.97. The lowest BCUT2D eigenvalue weighted by Crippen LogP contribution is -2.08. The van der Waals surface area contributed by atoms with Crippen molar-refractivity contribution in [2.75, 3.05) is 12.8 Å². The Bertz CT molecular complexity index is 650. The van der Waals surface area contributed by atoms with Gasteiger partial charge in [0.25, 0.3) is 0 Å². The second-order valence-electron chi connectivity index (χ2n) is 4.98. The summed E-state index contributed by atoms with van der Waals surface area (Å²) in [6.45, 7) is 3.88. The normalized spacial score (nSPS) is 10.5. The molecule has 21 heavy (non-hydrogen) atoms. The van der Waals surface area contributed by atoms with Gasteiger partial charge in [-0.15, -0.1) is 0 Å². The highest BCUT2D eigenvalue weighted by Crippen LogP contribution is 2.24. The fraction of sp³-hybridized carbons (Fsp3) is 0.235. The summed E-state index contributed by atoms with van der Waals surface area (Å²) in [6.07, 6.45) is 0.0569. The fourth-order valence-electron chi connectivity index (χ4n) is 2.01. The highest BCUT2D eigenvalue weighted by molar-refractivity contribution is 6.12. The molecule has 0 atom stereocenters. The molecular weight excluding hydrogens is 266 g/mol. The smallest absolute Gasteiger partial charge is 0.195 e. The molecule has 2 aromatic carbocycles. The molecule has 0 spiro atoms. The van der Waals surface area contributed by atoms with Gasteiger partial charge in [0.15, 0.2) is 5.78 Å². The van der Waals surface area contributed by atoms with E-state index in [0.717, 1.165) is 0 Å². The number of ketones is 1. The first-order valence-corrected chi connectivity index (χ1v) is 6.76. The Balaban J connectivity index is 2.31. The van der Waals surface area contributed by atoms with Gasteiger partial charge >= 0.3 is 0 Å². The lowest BCUT2D eigenvalue weighted by atomic mass is 10.0. The van der Waals surface area contributed by atoms with Crippen molar-refractivity contribution in [1.29, 1.82) is 0 Å². The zero-order valence-electron chi connectivity index (χ0n) is 12.4. The van der Waals surface area contributed by atoms with Gasteiger partial charge in [0.05, 0.1) is 13.2 Å². The zero-order valence-corrected chi connectivity index (χ0v) is 12.4. The number of nitrogens with two attached hydrogens (primary N) is 1. The van der Waals surface area contributed by atoms with Crippen LogP contribution in [0.2, 0.25) is 0 Å². The van der Waals surface area contributed by atoms with Crippen LogP contribution < -0.4 is 15.2 Å². The first kappa shape index (κ1) is 14.9. The molecule has 4 heteroatoms. The van der Waals surface area contributed by atoms with Crippen LogP contribution in [0.3, 0.4) is 0 Å². The predicted molar refractivity (Wildman–Crippen MR) is 83.0 cm³/mol. The van der Waals surface area contributed by atoms with Crippen LogP contribution in [0, 0.1) is 0 Å². The fourth-order valence-corrected chi connectivity index (χ4v) is 2.01. The molecule has 0 heterocycles. The molecule has 4 nitrogen and oxygen atoms in total. The van der Waals surface area contributed by atoms with E-state index >= 15 is 0 Å². The molecule has 0 aliphatic carbocycles. The van der Waals surface area contributed by atoms with Crippen LogP contribution in [-0.4, -0.2) is 19.0 Å². The molecule has 0 aliphatic rings. The van der Waals surface area contributed by atoms with Crippen molar-refractivity contribution in [3.05, 3.63) is 53.6 Å². The number of anilines is 1. The average molecular weight is 285 g/mol. The van der Waals surface area contributed by atoms with Gasteiger partial charge in [0.1, 0.15) is 11.5 Å². The van der Waals surface area contributed by atoms with Crippen LogP contribution in [0.1, 0.15) is 29.8 Å². The van der Waals surface area contributed by atoms with Crippen molar-refractivity contribution in [2.45, 2.75) is 20.0 Å².